The second-order valence-electron chi connectivity index (χ2n) is 13.8. The molecule has 1 aromatic heterocycles. The number of nitrogens with zero attached hydrogens (tertiary/aromatic N) is 3. The van der Waals surface area contributed by atoms with E-state index < -0.39 is 0 Å². The van der Waals surface area contributed by atoms with Crippen LogP contribution in [0.2, 0.25) is 0 Å². The van der Waals surface area contributed by atoms with Gasteiger partial charge >= 0.3 is 0 Å². The maximum atomic E-state index is 5.27. The van der Waals surface area contributed by atoms with Crippen LogP contribution >= 0.6 is 0 Å². The highest BCUT2D eigenvalue weighted by Crippen LogP contribution is 2.39. The first-order valence-electron chi connectivity index (χ1n) is 16.1. The summed E-state index contributed by atoms with van der Waals surface area (Å²) in [7, 11) is 0. The first-order valence-corrected chi connectivity index (χ1v) is 16.1. The van der Waals surface area contributed by atoms with Crippen molar-refractivity contribution in [2.24, 2.45) is 9.98 Å². The third kappa shape index (κ3) is 7.65. The summed E-state index contributed by atoms with van der Waals surface area (Å²) in [6.45, 7) is 31.4. The van der Waals surface area contributed by atoms with Crippen molar-refractivity contribution >= 4 is 22.8 Å². The number of aromatic nitrogens is 1. The molecule has 0 bridgehead atoms. The molecule has 0 saturated heterocycles. The first kappa shape index (κ1) is 33.4. The maximum Gasteiger partial charge on any atom is 0.0849 e. The predicted molar refractivity (Wildman–Crippen MR) is 185 cm³/mol. The molecule has 3 aromatic rings. The molecule has 0 aliphatic rings. The van der Waals surface area contributed by atoms with Gasteiger partial charge < -0.3 is 0 Å². The van der Waals surface area contributed by atoms with Gasteiger partial charge in [-0.2, -0.15) is 0 Å². The monoisotopic (exact) mass is 565 g/mol. The van der Waals surface area contributed by atoms with Crippen molar-refractivity contribution < 1.29 is 0 Å². The molecule has 0 saturated carbocycles. The molecule has 0 spiro atoms. The number of aliphatic imine (C=N–C) groups is 2. The molecule has 3 rings (SSSR count). The summed E-state index contributed by atoms with van der Waals surface area (Å²) >= 11 is 0. The molecule has 0 aliphatic carbocycles. The molecule has 2 aromatic carbocycles. The van der Waals surface area contributed by atoms with Gasteiger partial charge in [-0.15, -0.1) is 0 Å². The van der Waals surface area contributed by atoms with Crippen molar-refractivity contribution in [3.8, 4) is 0 Å². The Morgan fingerprint density at radius 2 is 0.762 bits per heavy atom. The average Bonchev–Trinajstić information content (AvgIpc) is 2.92. The first-order chi connectivity index (χ1) is 19.6. The summed E-state index contributed by atoms with van der Waals surface area (Å²) in [5, 5.41) is 0. The molecule has 0 aliphatic heterocycles. The fourth-order valence-electron chi connectivity index (χ4n) is 5.38. The van der Waals surface area contributed by atoms with Gasteiger partial charge in [0.15, 0.2) is 0 Å². The number of hydrogen-bond acceptors (Lipinski definition) is 3. The highest BCUT2D eigenvalue weighted by molar-refractivity contribution is 6.02. The normalized spacial score (nSPS) is 13.1. The molecule has 3 nitrogen and oxygen atoms in total. The number of rotatable bonds is 10. The Morgan fingerprint density at radius 3 is 1.00 bits per heavy atom. The minimum atomic E-state index is 0.383. The molecule has 0 atom stereocenters. The van der Waals surface area contributed by atoms with Gasteiger partial charge in [-0.3, -0.25) is 9.98 Å². The Hall–Kier alpha value is -3.07. The summed E-state index contributed by atoms with van der Waals surface area (Å²) in [6, 6.07) is 15.7. The van der Waals surface area contributed by atoms with E-state index >= 15 is 0 Å². The number of benzene rings is 2. The smallest absolute Gasteiger partial charge is 0.0849 e. The van der Waals surface area contributed by atoms with Crippen molar-refractivity contribution in [3.05, 3.63) is 87.2 Å². The van der Waals surface area contributed by atoms with E-state index in [1.807, 2.05) is 0 Å². The van der Waals surface area contributed by atoms with Crippen LogP contribution in [0.25, 0.3) is 0 Å². The quantitative estimate of drug-likeness (QED) is 0.225. The minimum Gasteiger partial charge on any atom is -0.251 e. The molecule has 0 fully saturated rings. The second-order valence-corrected chi connectivity index (χ2v) is 13.8. The molecule has 1 heterocycles. The van der Waals surface area contributed by atoms with Gasteiger partial charge in [0.1, 0.15) is 0 Å². The molecular weight excluding hydrogens is 510 g/mol. The zero-order valence-electron chi connectivity index (χ0n) is 28.8. The van der Waals surface area contributed by atoms with Crippen molar-refractivity contribution in [1.29, 1.82) is 0 Å². The van der Waals surface area contributed by atoms with Crippen molar-refractivity contribution in [2.75, 3.05) is 0 Å². The molecule has 0 N–H and O–H groups in total. The van der Waals surface area contributed by atoms with Crippen molar-refractivity contribution in [1.82, 2.24) is 4.98 Å². The fourth-order valence-corrected chi connectivity index (χ4v) is 5.38. The lowest BCUT2D eigenvalue weighted by molar-refractivity contribution is 0.805. The minimum absolute atomic E-state index is 0.383. The average molecular weight is 566 g/mol. The Bertz CT molecular complexity index is 1280. The van der Waals surface area contributed by atoms with Crippen LogP contribution in [0.15, 0.2) is 52.4 Å². The van der Waals surface area contributed by atoms with Crippen LogP contribution in [-0.4, -0.2) is 16.4 Å². The summed E-state index contributed by atoms with van der Waals surface area (Å²) < 4.78 is 0. The lowest BCUT2D eigenvalue weighted by Crippen LogP contribution is -2.07. The highest BCUT2D eigenvalue weighted by atomic mass is 14.8. The van der Waals surface area contributed by atoms with Crippen molar-refractivity contribution in [2.45, 2.75) is 132 Å². The van der Waals surface area contributed by atoms with E-state index in [4.69, 9.17) is 15.0 Å². The molecule has 0 radical (unpaired) electrons. The van der Waals surface area contributed by atoms with Crippen LogP contribution in [-0.2, 0) is 0 Å². The summed E-state index contributed by atoms with van der Waals surface area (Å²) in [5.41, 5.74) is 13.9. The highest BCUT2D eigenvalue weighted by Gasteiger charge is 2.19. The maximum absolute atomic E-state index is 5.27. The van der Waals surface area contributed by atoms with E-state index in [0.717, 1.165) is 34.2 Å². The lowest BCUT2D eigenvalue weighted by Gasteiger charge is -2.21. The molecule has 3 heteroatoms. The third-order valence-corrected chi connectivity index (χ3v) is 8.25. The van der Waals surface area contributed by atoms with Gasteiger partial charge in [0.2, 0.25) is 0 Å². The van der Waals surface area contributed by atoms with Crippen LogP contribution in [0.5, 0.6) is 0 Å². The summed E-state index contributed by atoms with van der Waals surface area (Å²) in [6.07, 6.45) is 0. The van der Waals surface area contributed by atoms with Gasteiger partial charge in [0.25, 0.3) is 0 Å². The standard InChI is InChI=1S/C39H55N3/c1-22(2)30-18-32(24(5)6)38(33(19-30)25(7)8)40-28(13)36-16-15-17-37(42-36)29(14)41-39-34(26(9)10)20-31(23(3)4)21-35(39)27(11)12/h15-27H,1-14H3. The van der Waals surface area contributed by atoms with Gasteiger partial charge in [0.05, 0.1) is 34.2 Å². The molecular formula is C39H55N3. The Morgan fingerprint density at radius 1 is 0.476 bits per heavy atom. The Balaban J connectivity index is 2.15. The zero-order chi connectivity index (χ0) is 31.5. The van der Waals surface area contributed by atoms with Crippen LogP contribution in [0.1, 0.15) is 177 Å². The lowest BCUT2D eigenvalue weighted by atomic mass is 9.87. The van der Waals surface area contributed by atoms with E-state index in [1.165, 1.54) is 33.4 Å². The summed E-state index contributed by atoms with van der Waals surface area (Å²) in [4.78, 5) is 15.6. The van der Waals surface area contributed by atoms with Crippen LogP contribution in [0.3, 0.4) is 0 Å². The van der Waals surface area contributed by atoms with Crippen LogP contribution in [0, 0.1) is 0 Å². The molecule has 0 unspecified atom stereocenters. The van der Waals surface area contributed by atoms with Crippen LogP contribution in [0.4, 0.5) is 11.4 Å². The second kappa shape index (κ2) is 13.9. The number of hydrogen-bond donors (Lipinski definition) is 0. The van der Waals surface area contributed by atoms with E-state index in [9.17, 15) is 0 Å². The summed E-state index contributed by atoms with van der Waals surface area (Å²) in [5.74, 6) is 2.49. The molecule has 42 heavy (non-hydrogen) atoms. The largest absolute Gasteiger partial charge is 0.251 e. The van der Waals surface area contributed by atoms with Crippen molar-refractivity contribution in [3.63, 3.8) is 0 Å². The van der Waals surface area contributed by atoms with Crippen LogP contribution < -0.4 is 0 Å². The third-order valence-electron chi connectivity index (χ3n) is 8.25. The van der Waals surface area contributed by atoms with E-state index in [0.29, 0.717) is 35.5 Å². The topological polar surface area (TPSA) is 37.6 Å². The Kier molecular flexibility index (Phi) is 11.1. The van der Waals surface area contributed by atoms with Gasteiger partial charge in [-0.25, -0.2) is 4.98 Å². The zero-order valence-corrected chi connectivity index (χ0v) is 28.8. The van der Waals surface area contributed by atoms with E-state index in [2.05, 4.69) is 139 Å². The van der Waals surface area contributed by atoms with E-state index in [1.54, 1.807) is 0 Å². The Labute approximate surface area is 257 Å². The van der Waals surface area contributed by atoms with Gasteiger partial charge in [-0.1, -0.05) is 113 Å². The molecule has 226 valence electrons. The fraction of sp³-hybridized carbons (Fsp3) is 0.513. The number of pyridine rings is 1. The predicted octanol–water partition coefficient (Wildman–Crippen LogP) is 12.1. The SMILES string of the molecule is CC(=Nc1c(C(C)C)cc(C(C)C)cc1C(C)C)c1cccc(C(C)=Nc2c(C(C)C)cc(C(C)C)cc2C(C)C)n1. The van der Waals surface area contributed by atoms with Gasteiger partial charge in [0, 0.05) is 0 Å². The van der Waals surface area contributed by atoms with E-state index in [-0.39, 0.29) is 0 Å². The van der Waals surface area contributed by atoms with Gasteiger partial charge in [-0.05, 0) is 94.9 Å². The molecule has 0 amide bonds.